The van der Waals surface area contributed by atoms with Gasteiger partial charge in [0.1, 0.15) is 35.5 Å². The van der Waals surface area contributed by atoms with Crippen LogP contribution in [0.5, 0.6) is 17.2 Å². The third-order valence-corrected chi connectivity index (χ3v) is 4.69. The smallest absolute Gasteiger partial charge is 0.174 e. The lowest BCUT2D eigenvalue weighted by Crippen LogP contribution is -2.21. The van der Waals surface area contributed by atoms with Gasteiger partial charge in [0.2, 0.25) is 0 Å². The van der Waals surface area contributed by atoms with Crippen LogP contribution in [0.1, 0.15) is 42.3 Å². The van der Waals surface area contributed by atoms with Crippen LogP contribution < -0.4 is 9.47 Å². The van der Waals surface area contributed by atoms with E-state index in [-0.39, 0.29) is 23.5 Å². The molecule has 25 heavy (non-hydrogen) atoms. The van der Waals surface area contributed by atoms with Crippen LogP contribution in [0.3, 0.4) is 0 Å². The van der Waals surface area contributed by atoms with E-state index in [1.165, 1.54) is 6.07 Å². The summed E-state index contributed by atoms with van der Waals surface area (Å²) >= 11 is 3.50. The molecule has 1 aliphatic rings. The molecule has 0 aromatic heterocycles. The molecule has 0 saturated carbocycles. The minimum absolute atomic E-state index is 0.111. The van der Waals surface area contributed by atoms with E-state index in [4.69, 9.17) is 9.47 Å². The number of carbonyl (C=O) groups is 1. The third-order valence-electron chi connectivity index (χ3n) is 3.97. The van der Waals surface area contributed by atoms with Crippen molar-refractivity contribution in [3.63, 3.8) is 0 Å². The Hall–Kier alpha value is -2.27. The first-order valence-electron chi connectivity index (χ1n) is 8.03. The van der Waals surface area contributed by atoms with Crippen LogP contribution in [-0.4, -0.2) is 17.5 Å². The average molecular weight is 403 g/mol. The number of ketones is 1. The Labute approximate surface area is 155 Å². The minimum Gasteiger partial charge on any atom is -0.507 e. The van der Waals surface area contributed by atoms with Gasteiger partial charge in [0, 0.05) is 22.2 Å². The van der Waals surface area contributed by atoms with E-state index in [0.717, 1.165) is 15.6 Å². The van der Waals surface area contributed by atoms with Crippen molar-refractivity contribution in [3.8, 4) is 17.2 Å². The Morgan fingerprint density at radius 1 is 1.36 bits per heavy atom. The van der Waals surface area contributed by atoms with Gasteiger partial charge < -0.3 is 14.6 Å². The average Bonchev–Trinajstić information content (AvgIpc) is 2.54. The molecule has 1 aliphatic heterocycles. The molecule has 0 spiro atoms. The Morgan fingerprint density at radius 2 is 2.12 bits per heavy atom. The zero-order valence-corrected chi connectivity index (χ0v) is 15.7. The van der Waals surface area contributed by atoms with Crippen molar-refractivity contribution in [1.29, 1.82) is 0 Å². The maximum absolute atomic E-state index is 12.5. The first-order chi connectivity index (χ1) is 12.0. The monoisotopic (exact) mass is 402 g/mol. The fraction of sp³-hybridized carbons (Fsp3) is 0.250. The number of rotatable bonds is 4. The van der Waals surface area contributed by atoms with Gasteiger partial charge in [-0.25, -0.2) is 0 Å². The van der Waals surface area contributed by atoms with Crippen LogP contribution in [0.4, 0.5) is 0 Å². The van der Waals surface area contributed by atoms with Gasteiger partial charge in [-0.1, -0.05) is 39.7 Å². The fourth-order valence-electron chi connectivity index (χ4n) is 2.71. The lowest BCUT2D eigenvalue weighted by molar-refractivity contribution is 0.0844. The Morgan fingerprint density at radius 3 is 2.84 bits per heavy atom. The molecule has 1 N–H and O–H groups in total. The van der Waals surface area contributed by atoms with Crippen LogP contribution in [0.2, 0.25) is 0 Å². The minimum atomic E-state index is -0.400. The summed E-state index contributed by atoms with van der Waals surface area (Å²) in [6.45, 7) is 4.36. The van der Waals surface area contributed by atoms with Crippen molar-refractivity contribution in [2.24, 2.45) is 0 Å². The highest BCUT2D eigenvalue weighted by molar-refractivity contribution is 9.10. The lowest BCUT2D eigenvalue weighted by Gasteiger charge is -2.27. The van der Waals surface area contributed by atoms with Gasteiger partial charge in [0.15, 0.2) is 5.78 Å². The summed E-state index contributed by atoms with van der Waals surface area (Å²) in [4.78, 5) is 12.5. The summed E-state index contributed by atoms with van der Waals surface area (Å²) < 4.78 is 12.5. The molecule has 0 fully saturated rings. The van der Waals surface area contributed by atoms with Gasteiger partial charge in [0.25, 0.3) is 0 Å². The predicted octanol–water partition coefficient (Wildman–Crippen LogP) is 5.21. The summed E-state index contributed by atoms with van der Waals surface area (Å²) in [7, 11) is 0. The number of phenolic OH excluding ortho intramolecular Hbond substituents is 1. The molecule has 0 saturated heterocycles. The summed E-state index contributed by atoms with van der Waals surface area (Å²) in [5, 5.41) is 10.2. The number of allylic oxidation sites excluding steroid dienone is 1. The standard InChI is InChI=1S/C20H19BrO4/c1-12(2)7-8-24-13-9-16(22)20-17(23)11-18(25-19(20)10-13)14-5-3-4-6-15(14)21/h3-7,9-10,18,22H,8,11H2,1-2H3. The fourth-order valence-corrected chi connectivity index (χ4v) is 3.25. The van der Waals surface area contributed by atoms with Crippen molar-refractivity contribution in [1.82, 2.24) is 0 Å². The van der Waals surface area contributed by atoms with Crippen LogP contribution in [0.25, 0.3) is 0 Å². The maximum Gasteiger partial charge on any atom is 0.174 e. The largest absolute Gasteiger partial charge is 0.507 e. The molecular weight excluding hydrogens is 384 g/mol. The molecule has 0 radical (unpaired) electrons. The van der Waals surface area contributed by atoms with Crippen molar-refractivity contribution in [2.45, 2.75) is 26.4 Å². The van der Waals surface area contributed by atoms with Crippen molar-refractivity contribution >= 4 is 21.7 Å². The maximum atomic E-state index is 12.5. The van der Waals surface area contributed by atoms with Crippen molar-refractivity contribution in [2.75, 3.05) is 6.61 Å². The molecule has 1 heterocycles. The quantitative estimate of drug-likeness (QED) is 0.713. The summed E-state index contributed by atoms with van der Waals surface area (Å²) in [6.07, 6.45) is 1.72. The van der Waals surface area contributed by atoms with E-state index < -0.39 is 6.10 Å². The summed E-state index contributed by atoms with van der Waals surface area (Å²) in [5.74, 6) is 0.564. The number of fused-ring (bicyclic) bond motifs is 1. The zero-order valence-electron chi connectivity index (χ0n) is 14.1. The first-order valence-corrected chi connectivity index (χ1v) is 8.82. The molecule has 2 aromatic carbocycles. The highest BCUT2D eigenvalue weighted by atomic mass is 79.9. The molecule has 0 aliphatic carbocycles. The number of carbonyl (C=O) groups excluding carboxylic acids is 1. The van der Waals surface area contributed by atoms with Crippen LogP contribution >= 0.6 is 15.9 Å². The Kier molecular flexibility index (Phi) is 5.13. The Balaban J connectivity index is 1.91. The second kappa shape index (κ2) is 7.31. The van der Waals surface area contributed by atoms with E-state index in [9.17, 15) is 9.90 Å². The first kappa shape index (κ1) is 17.5. The van der Waals surface area contributed by atoms with Gasteiger partial charge in [0.05, 0.1) is 6.42 Å². The number of hydrogen-bond donors (Lipinski definition) is 1. The topological polar surface area (TPSA) is 55.8 Å². The second-order valence-electron chi connectivity index (χ2n) is 6.16. The number of halogens is 1. The summed E-state index contributed by atoms with van der Waals surface area (Å²) in [5.41, 5.74) is 2.26. The highest BCUT2D eigenvalue weighted by Crippen LogP contribution is 2.43. The SMILES string of the molecule is CC(C)=CCOc1cc(O)c2c(c1)OC(c1ccccc1Br)CC2=O. The second-order valence-corrected chi connectivity index (χ2v) is 7.02. The number of ether oxygens (including phenoxy) is 2. The number of Topliss-reactive ketones (excluding diaryl/α,β-unsaturated/α-hetero) is 1. The van der Waals surface area contributed by atoms with Gasteiger partial charge in [-0.05, 0) is 26.0 Å². The van der Waals surface area contributed by atoms with Crippen LogP contribution in [0, 0.1) is 0 Å². The molecular formula is C20H19BrO4. The van der Waals surface area contributed by atoms with Crippen LogP contribution in [0.15, 0.2) is 52.5 Å². The number of hydrogen-bond acceptors (Lipinski definition) is 4. The number of aromatic hydroxyl groups is 1. The zero-order chi connectivity index (χ0) is 18.0. The van der Waals surface area contributed by atoms with Gasteiger partial charge >= 0.3 is 0 Å². The molecule has 1 unspecified atom stereocenters. The van der Waals surface area contributed by atoms with E-state index >= 15 is 0 Å². The van der Waals surface area contributed by atoms with Gasteiger partial charge in [-0.3, -0.25) is 4.79 Å². The summed E-state index contributed by atoms with van der Waals surface area (Å²) in [6, 6.07) is 10.8. The van der Waals surface area contributed by atoms with Gasteiger partial charge in [-0.2, -0.15) is 0 Å². The third kappa shape index (κ3) is 3.87. The molecule has 0 bridgehead atoms. The molecule has 130 valence electrons. The van der Waals surface area contributed by atoms with E-state index in [0.29, 0.717) is 18.1 Å². The van der Waals surface area contributed by atoms with Crippen LogP contribution in [-0.2, 0) is 0 Å². The van der Waals surface area contributed by atoms with E-state index in [2.05, 4.69) is 15.9 Å². The molecule has 4 nitrogen and oxygen atoms in total. The van der Waals surface area contributed by atoms with Gasteiger partial charge in [-0.15, -0.1) is 0 Å². The molecule has 0 amide bonds. The normalized spacial score (nSPS) is 16.0. The number of phenols is 1. The highest BCUT2D eigenvalue weighted by Gasteiger charge is 2.31. The number of benzene rings is 2. The Bertz CT molecular complexity index is 838. The lowest BCUT2D eigenvalue weighted by atomic mass is 9.95. The van der Waals surface area contributed by atoms with Crippen molar-refractivity contribution in [3.05, 3.63) is 63.6 Å². The molecule has 5 heteroatoms. The predicted molar refractivity (Wildman–Crippen MR) is 99.5 cm³/mol. The molecule has 2 aromatic rings. The van der Waals surface area contributed by atoms with E-state index in [1.807, 2.05) is 44.2 Å². The van der Waals surface area contributed by atoms with Crippen molar-refractivity contribution < 1.29 is 19.4 Å². The molecule has 1 atom stereocenters. The van der Waals surface area contributed by atoms with E-state index in [1.54, 1.807) is 6.07 Å². The molecule has 3 rings (SSSR count).